The molecule has 0 spiro atoms. The smallest absolute Gasteiger partial charge is 0.248 e. The largest absolute Gasteiger partial charge is 0.385 e. The summed E-state index contributed by atoms with van der Waals surface area (Å²) in [4.78, 5) is 0. The molecule has 2 atom stereocenters. The van der Waals surface area contributed by atoms with Crippen LogP contribution in [0, 0.1) is 0 Å². The van der Waals surface area contributed by atoms with Crippen LogP contribution >= 0.6 is 0 Å². The van der Waals surface area contributed by atoms with Gasteiger partial charge in [-0.1, -0.05) is 49.1 Å². The van der Waals surface area contributed by atoms with Crippen LogP contribution in [0.3, 0.4) is 0 Å². The first kappa shape index (κ1) is 15.7. The molecule has 0 radical (unpaired) electrons. The molecular weight excluding hydrogens is 280 g/mol. The molecule has 0 N–H and O–H groups in total. The molecule has 0 amide bonds. The summed E-state index contributed by atoms with van der Waals surface area (Å²) in [6.07, 6.45) is 3.41. The topological polar surface area (TPSA) is 18.5 Å². The highest BCUT2D eigenvalue weighted by Gasteiger charge is 2.44. The molecule has 2 nitrogen and oxygen atoms in total. The van der Waals surface area contributed by atoms with Crippen molar-refractivity contribution >= 4 is 22.3 Å². The van der Waals surface area contributed by atoms with Gasteiger partial charge in [-0.2, -0.15) is 0 Å². The zero-order valence-electron chi connectivity index (χ0n) is 12.9. The van der Waals surface area contributed by atoms with Gasteiger partial charge in [-0.05, 0) is 31.0 Å². The first-order valence-corrected chi connectivity index (χ1v) is 12.9. The van der Waals surface area contributed by atoms with Gasteiger partial charge in [0, 0.05) is 6.61 Å². The van der Waals surface area contributed by atoms with E-state index in [2.05, 4.69) is 50.5 Å². The van der Waals surface area contributed by atoms with Crippen LogP contribution in [0.4, 0.5) is 0 Å². The van der Waals surface area contributed by atoms with Crippen molar-refractivity contribution in [2.75, 3.05) is 6.61 Å². The van der Waals surface area contributed by atoms with Gasteiger partial charge < -0.3 is 9.16 Å². The fourth-order valence-electron chi connectivity index (χ4n) is 2.79. The Morgan fingerprint density at radius 1 is 1.30 bits per heavy atom. The van der Waals surface area contributed by atoms with Gasteiger partial charge in [0.05, 0.1) is 0 Å². The Morgan fingerprint density at radius 2 is 2.00 bits per heavy atom. The number of ether oxygens (including phenoxy) is 1. The molecule has 1 aliphatic rings. The van der Waals surface area contributed by atoms with Crippen molar-refractivity contribution in [1.82, 2.24) is 0 Å². The summed E-state index contributed by atoms with van der Waals surface area (Å²) in [6.45, 7) is 11.8. The van der Waals surface area contributed by atoms with Gasteiger partial charge >= 0.3 is 0 Å². The summed E-state index contributed by atoms with van der Waals surface area (Å²) in [5, 5.41) is 1.28. The molecule has 0 aromatic heterocycles. The number of hydrogen-bond acceptors (Lipinski definition) is 2. The van der Waals surface area contributed by atoms with Crippen molar-refractivity contribution in [3.63, 3.8) is 0 Å². The van der Waals surface area contributed by atoms with Gasteiger partial charge in [0.2, 0.25) is 8.32 Å². The van der Waals surface area contributed by atoms with E-state index in [-0.39, 0.29) is 5.41 Å². The zero-order valence-corrected chi connectivity index (χ0v) is 15.0. The molecule has 0 saturated carbocycles. The second-order valence-electron chi connectivity index (χ2n) is 6.05. The van der Waals surface area contributed by atoms with Gasteiger partial charge in [-0.25, -0.2) is 0 Å². The lowest BCUT2D eigenvalue weighted by atomic mass is 10.2. The molecule has 1 fully saturated rings. The van der Waals surface area contributed by atoms with Gasteiger partial charge in [0.15, 0.2) is 0 Å². The maximum Gasteiger partial charge on any atom is 0.248 e. The summed E-state index contributed by atoms with van der Waals surface area (Å²) >= 11 is 0. The van der Waals surface area contributed by atoms with Crippen LogP contribution in [0.2, 0.25) is 19.6 Å². The minimum absolute atomic E-state index is 0.302. The summed E-state index contributed by atoms with van der Waals surface area (Å²) < 4.78 is 12.9. The molecule has 2 rings (SSSR count). The van der Waals surface area contributed by atoms with Crippen LogP contribution < -0.4 is 5.19 Å². The Labute approximate surface area is 125 Å². The minimum Gasteiger partial charge on any atom is -0.385 e. The van der Waals surface area contributed by atoms with E-state index in [0.717, 1.165) is 19.4 Å². The van der Waals surface area contributed by atoms with Crippen molar-refractivity contribution in [3.05, 3.63) is 42.6 Å². The third-order valence-corrected chi connectivity index (χ3v) is 9.86. The van der Waals surface area contributed by atoms with E-state index in [1.165, 1.54) is 11.6 Å². The normalized spacial score (nSPS) is 26.2. The minimum atomic E-state index is -2.15. The molecule has 1 aromatic rings. The molecule has 0 aliphatic carbocycles. The highest BCUT2D eigenvalue weighted by molar-refractivity contribution is 6.90. The zero-order chi connectivity index (χ0) is 14.6. The Balaban J connectivity index is 2.29. The third-order valence-electron chi connectivity index (χ3n) is 4.27. The van der Waals surface area contributed by atoms with Crippen molar-refractivity contribution in [2.24, 2.45) is 0 Å². The lowest BCUT2D eigenvalue weighted by Gasteiger charge is -2.45. The summed E-state index contributed by atoms with van der Waals surface area (Å²) in [5.74, 6) is 0. The highest BCUT2D eigenvalue weighted by atomic mass is 28.4. The van der Waals surface area contributed by atoms with E-state index in [4.69, 9.17) is 9.16 Å². The van der Waals surface area contributed by atoms with Crippen LogP contribution in [0.1, 0.15) is 19.3 Å². The molecule has 4 heteroatoms. The molecule has 2 unspecified atom stereocenters. The quantitative estimate of drug-likeness (QED) is 0.778. The Hall–Kier alpha value is -0.686. The molecule has 110 valence electrons. The summed E-state index contributed by atoms with van der Waals surface area (Å²) in [7, 11) is -3.23. The third kappa shape index (κ3) is 3.14. The van der Waals surface area contributed by atoms with Crippen molar-refractivity contribution < 1.29 is 9.16 Å². The van der Waals surface area contributed by atoms with E-state index < -0.39 is 17.1 Å². The lowest BCUT2D eigenvalue weighted by Crippen LogP contribution is -2.60. The van der Waals surface area contributed by atoms with E-state index in [0.29, 0.717) is 0 Å². The molecule has 1 aromatic carbocycles. The standard InChI is InChI=1S/C16H26O2Si2/c1-5-20(4,15-11-7-6-8-12-15)18-16(19(2)3)13-9-10-14-17-16/h5-8,11-12,19H,1,9-10,13-14H2,2-4H3. The SMILES string of the molecule is C=C[Si](C)(OC1([SiH](C)C)CCCCO1)c1ccccc1. The first-order chi connectivity index (χ1) is 9.52. The molecule has 1 aliphatic heterocycles. The number of rotatable bonds is 5. The predicted molar refractivity (Wildman–Crippen MR) is 90.4 cm³/mol. The molecular formula is C16H26O2Si2. The van der Waals surface area contributed by atoms with Gasteiger partial charge in [-0.15, -0.1) is 6.58 Å². The first-order valence-electron chi connectivity index (χ1n) is 7.56. The van der Waals surface area contributed by atoms with E-state index in [1.54, 1.807) is 0 Å². The number of hydrogen-bond donors (Lipinski definition) is 0. The average Bonchev–Trinajstić information content (AvgIpc) is 2.49. The Bertz CT molecular complexity index is 441. The van der Waals surface area contributed by atoms with E-state index >= 15 is 0 Å². The molecule has 1 heterocycles. The van der Waals surface area contributed by atoms with Crippen LogP contribution in [0.5, 0.6) is 0 Å². The van der Waals surface area contributed by atoms with Gasteiger partial charge in [-0.3, -0.25) is 0 Å². The van der Waals surface area contributed by atoms with Crippen LogP contribution in [0.15, 0.2) is 42.6 Å². The van der Waals surface area contributed by atoms with E-state index in [9.17, 15) is 0 Å². The Morgan fingerprint density at radius 3 is 2.50 bits per heavy atom. The number of benzene rings is 1. The maximum absolute atomic E-state index is 6.72. The predicted octanol–water partition coefficient (Wildman–Crippen LogP) is 3.13. The molecule has 1 saturated heterocycles. The van der Waals surface area contributed by atoms with Crippen molar-refractivity contribution in [3.8, 4) is 0 Å². The lowest BCUT2D eigenvalue weighted by molar-refractivity contribution is -0.152. The maximum atomic E-state index is 6.72. The fourth-order valence-corrected chi connectivity index (χ4v) is 7.87. The molecule has 20 heavy (non-hydrogen) atoms. The highest BCUT2D eigenvalue weighted by Crippen LogP contribution is 2.32. The Kier molecular flexibility index (Phi) is 5.01. The fraction of sp³-hybridized carbons (Fsp3) is 0.500. The second kappa shape index (κ2) is 6.39. The van der Waals surface area contributed by atoms with Gasteiger partial charge in [0.1, 0.15) is 14.2 Å². The van der Waals surface area contributed by atoms with Gasteiger partial charge in [0.25, 0.3) is 0 Å². The summed E-state index contributed by atoms with van der Waals surface area (Å²) in [6, 6.07) is 10.5. The van der Waals surface area contributed by atoms with Crippen LogP contribution in [-0.2, 0) is 9.16 Å². The second-order valence-corrected chi connectivity index (χ2v) is 12.6. The van der Waals surface area contributed by atoms with Crippen molar-refractivity contribution in [1.29, 1.82) is 0 Å². The summed E-state index contributed by atoms with van der Waals surface area (Å²) in [5.41, 5.74) is 1.74. The monoisotopic (exact) mass is 306 g/mol. The van der Waals surface area contributed by atoms with Crippen molar-refractivity contribution in [2.45, 2.75) is 44.3 Å². The van der Waals surface area contributed by atoms with Crippen LogP contribution in [-0.4, -0.2) is 29.1 Å². The van der Waals surface area contributed by atoms with E-state index in [1.807, 2.05) is 11.8 Å². The average molecular weight is 307 g/mol. The molecule has 0 bridgehead atoms. The van der Waals surface area contributed by atoms with Crippen LogP contribution in [0.25, 0.3) is 0 Å².